The largest absolute Gasteiger partial charge is 0.496 e. The Bertz CT molecular complexity index is 493. The van der Waals surface area contributed by atoms with Gasteiger partial charge in [0, 0.05) is 5.56 Å². The Hall–Kier alpha value is -1.51. The summed E-state index contributed by atoms with van der Waals surface area (Å²) < 4.78 is 5.38. The van der Waals surface area contributed by atoms with E-state index >= 15 is 0 Å². The number of aliphatic carboxylic acids is 1. The number of carboxylic acids is 1. The molecule has 1 saturated carbocycles. The summed E-state index contributed by atoms with van der Waals surface area (Å²) in [5, 5.41) is 9.60. The van der Waals surface area contributed by atoms with Crippen molar-refractivity contribution in [3.8, 4) is 5.75 Å². The van der Waals surface area contributed by atoms with E-state index in [1.807, 2.05) is 18.2 Å². The zero-order valence-electron chi connectivity index (χ0n) is 12.1. The third kappa shape index (κ3) is 2.22. The Morgan fingerprint density at radius 3 is 2.32 bits per heavy atom. The van der Waals surface area contributed by atoms with Crippen LogP contribution in [0.15, 0.2) is 18.2 Å². The minimum absolute atomic E-state index is 0.00443. The first-order valence-electron chi connectivity index (χ1n) is 6.74. The van der Waals surface area contributed by atoms with E-state index in [2.05, 4.69) is 20.8 Å². The molecule has 1 N–H and O–H groups in total. The molecular formula is C16H22O3. The minimum atomic E-state index is -0.743. The van der Waals surface area contributed by atoms with E-state index in [0.717, 1.165) is 17.5 Å². The van der Waals surface area contributed by atoms with Gasteiger partial charge in [-0.15, -0.1) is 0 Å². The normalized spacial score (nSPS) is 17.7. The fraction of sp³-hybridized carbons (Fsp3) is 0.562. The molecule has 2 rings (SSSR count). The van der Waals surface area contributed by atoms with Gasteiger partial charge in [0.2, 0.25) is 0 Å². The van der Waals surface area contributed by atoms with Crippen molar-refractivity contribution in [3.05, 3.63) is 29.3 Å². The third-order valence-electron chi connectivity index (χ3n) is 4.20. The Morgan fingerprint density at radius 1 is 1.32 bits per heavy atom. The number of carbonyl (C=O) groups is 1. The molecule has 0 atom stereocenters. The topological polar surface area (TPSA) is 46.5 Å². The molecule has 1 aliphatic rings. The Morgan fingerprint density at radius 2 is 1.95 bits per heavy atom. The summed E-state index contributed by atoms with van der Waals surface area (Å²) >= 11 is 0. The van der Waals surface area contributed by atoms with Crippen LogP contribution >= 0.6 is 0 Å². The molecule has 0 radical (unpaired) electrons. The number of hydrogen-bond donors (Lipinski definition) is 1. The first-order chi connectivity index (χ1) is 8.81. The van der Waals surface area contributed by atoms with Crippen molar-refractivity contribution in [2.24, 2.45) is 0 Å². The van der Waals surface area contributed by atoms with Gasteiger partial charge in [-0.2, -0.15) is 0 Å². The van der Waals surface area contributed by atoms with Crippen molar-refractivity contribution in [1.82, 2.24) is 0 Å². The summed E-state index contributed by atoms with van der Waals surface area (Å²) in [6, 6.07) is 5.95. The minimum Gasteiger partial charge on any atom is -0.496 e. The van der Waals surface area contributed by atoms with E-state index in [1.165, 1.54) is 0 Å². The van der Waals surface area contributed by atoms with Crippen molar-refractivity contribution < 1.29 is 14.6 Å². The average molecular weight is 262 g/mol. The number of ether oxygens (including phenoxy) is 1. The highest BCUT2D eigenvalue weighted by molar-refractivity contribution is 5.83. The van der Waals surface area contributed by atoms with Gasteiger partial charge in [0.25, 0.3) is 0 Å². The lowest BCUT2D eigenvalue weighted by atomic mass is 9.63. The molecule has 1 aromatic carbocycles. The van der Waals surface area contributed by atoms with Gasteiger partial charge in [-0.3, -0.25) is 4.79 Å². The van der Waals surface area contributed by atoms with Gasteiger partial charge in [0.15, 0.2) is 0 Å². The van der Waals surface area contributed by atoms with Gasteiger partial charge in [-0.1, -0.05) is 39.3 Å². The molecular weight excluding hydrogens is 240 g/mol. The summed E-state index contributed by atoms with van der Waals surface area (Å²) in [4.78, 5) is 11.7. The lowest BCUT2D eigenvalue weighted by Crippen LogP contribution is -2.42. The van der Waals surface area contributed by atoms with Crippen molar-refractivity contribution in [3.63, 3.8) is 0 Å². The maximum atomic E-state index is 11.7. The first-order valence-corrected chi connectivity index (χ1v) is 6.74. The van der Waals surface area contributed by atoms with E-state index < -0.39 is 11.4 Å². The van der Waals surface area contributed by atoms with Crippen LogP contribution in [0, 0.1) is 0 Å². The summed E-state index contributed by atoms with van der Waals surface area (Å²) in [6.45, 7) is 6.40. The average Bonchev–Trinajstić information content (AvgIpc) is 2.25. The fourth-order valence-corrected chi connectivity index (χ4v) is 2.68. The fourth-order valence-electron chi connectivity index (χ4n) is 2.68. The molecule has 1 aromatic rings. The summed E-state index contributed by atoms with van der Waals surface area (Å²) in [5.74, 6) is -0.0433. The molecule has 1 aliphatic carbocycles. The number of rotatable bonds is 3. The lowest BCUT2D eigenvalue weighted by molar-refractivity contribution is -0.147. The summed E-state index contributed by atoms with van der Waals surface area (Å²) in [5.41, 5.74) is 1.24. The van der Waals surface area contributed by atoms with Crippen molar-refractivity contribution >= 4 is 5.97 Å². The molecule has 0 aromatic heterocycles. The molecule has 19 heavy (non-hydrogen) atoms. The van der Waals surface area contributed by atoms with Crippen LogP contribution in [0.3, 0.4) is 0 Å². The van der Waals surface area contributed by atoms with E-state index in [9.17, 15) is 9.90 Å². The number of hydrogen-bond acceptors (Lipinski definition) is 2. The maximum absolute atomic E-state index is 11.7. The zero-order chi connectivity index (χ0) is 14.3. The first kappa shape index (κ1) is 13.9. The molecule has 0 saturated heterocycles. The van der Waals surface area contributed by atoms with Crippen LogP contribution < -0.4 is 4.74 Å². The van der Waals surface area contributed by atoms with Gasteiger partial charge in [-0.25, -0.2) is 0 Å². The molecule has 0 heterocycles. The summed E-state index contributed by atoms with van der Waals surface area (Å²) in [6.07, 6.45) is 2.37. The molecule has 0 aliphatic heterocycles. The van der Waals surface area contributed by atoms with Crippen LogP contribution in [0.4, 0.5) is 0 Å². The SMILES string of the molecule is COc1ccc(C(C)(C)C)cc1C1(C(=O)O)CCC1. The van der Waals surface area contributed by atoms with Crippen LogP contribution in [-0.2, 0) is 15.6 Å². The van der Waals surface area contributed by atoms with Crippen LogP contribution in [0.25, 0.3) is 0 Å². The number of methoxy groups -OCH3 is 1. The molecule has 0 unspecified atom stereocenters. The van der Waals surface area contributed by atoms with Gasteiger partial charge in [-0.05, 0) is 29.9 Å². The van der Waals surface area contributed by atoms with E-state index in [1.54, 1.807) is 7.11 Å². The van der Waals surface area contributed by atoms with Crippen molar-refractivity contribution in [1.29, 1.82) is 0 Å². The van der Waals surface area contributed by atoms with Crippen LogP contribution in [0.1, 0.15) is 51.2 Å². The van der Waals surface area contributed by atoms with Crippen LogP contribution in [0.5, 0.6) is 5.75 Å². The van der Waals surface area contributed by atoms with Gasteiger partial charge in [0.1, 0.15) is 5.75 Å². The number of benzene rings is 1. The van der Waals surface area contributed by atoms with Gasteiger partial charge >= 0.3 is 5.97 Å². The van der Waals surface area contributed by atoms with Crippen LogP contribution in [0.2, 0.25) is 0 Å². The molecule has 104 valence electrons. The van der Waals surface area contributed by atoms with Gasteiger partial charge < -0.3 is 9.84 Å². The second kappa shape index (κ2) is 4.55. The van der Waals surface area contributed by atoms with Gasteiger partial charge in [0.05, 0.1) is 12.5 Å². The predicted octanol–water partition coefficient (Wildman–Crippen LogP) is 3.50. The highest BCUT2D eigenvalue weighted by Gasteiger charge is 2.48. The third-order valence-corrected chi connectivity index (χ3v) is 4.20. The van der Waals surface area contributed by atoms with Crippen molar-refractivity contribution in [2.45, 2.75) is 50.9 Å². The van der Waals surface area contributed by atoms with E-state index in [4.69, 9.17) is 4.74 Å². The molecule has 0 spiro atoms. The predicted molar refractivity (Wildman–Crippen MR) is 74.9 cm³/mol. The van der Waals surface area contributed by atoms with Crippen LogP contribution in [-0.4, -0.2) is 18.2 Å². The Balaban J connectivity index is 2.57. The molecule has 0 amide bonds. The Kier molecular flexibility index (Phi) is 3.33. The summed E-state index contributed by atoms with van der Waals surface area (Å²) in [7, 11) is 1.60. The second-order valence-electron chi connectivity index (χ2n) is 6.41. The molecule has 0 bridgehead atoms. The number of carboxylic acid groups (broad SMARTS) is 1. The zero-order valence-corrected chi connectivity index (χ0v) is 12.1. The standard InChI is InChI=1S/C16H22O3/c1-15(2,3)11-6-7-13(19-4)12(10-11)16(14(17)18)8-5-9-16/h6-7,10H,5,8-9H2,1-4H3,(H,17,18). The van der Waals surface area contributed by atoms with E-state index in [-0.39, 0.29) is 5.41 Å². The monoisotopic (exact) mass is 262 g/mol. The maximum Gasteiger partial charge on any atom is 0.314 e. The molecule has 3 heteroatoms. The van der Waals surface area contributed by atoms with Crippen molar-refractivity contribution in [2.75, 3.05) is 7.11 Å². The van der Waals surface area contributed by atoms with E-state index in [0.29, 0.717) is 18.6 Å². The highest BCUT2D eigenvalue weighted by atomic mass is 16.5. The second-order valence-corrected chi connectivity index (χ2v) is 6.41. The lowest BCUT2D eigenvalue weighted by Gasteiger charge is -2.39. The Labute approximate surface area is 114 Å². The smallest absolute Gasteiger partial charge is 0.314 e. The highest BCUT2D eigenvalue weighted by Crippen LogP contribution is 2.48. The quantitative estimate of drug-likeness (QED) is 0.906. The molecule has 1 fully saturated rings. The molecule has 3 nitrogen and oxygen atoms in total.